The minimum atomic E-state index is 0.177. The van der Waals surface area contributed by atoms with E-state index in [-0.39, 0.29) is 12.6 Å². The molecule has 0 aromatic rings. The van der Waals surface area contributed by atoms with Crippen molar-refractivity contribution in [1.29, 1.82) is 0 Å². The molecule has 0 aromatic heterocycles. The van der Waals surface area contributed by atoms with Gasteiger partial charge in [-0.15, -0.1) is 0 Å². The van der Waals surface area contributed by atoms with E-state index < -0.39 is 0 Å². The first-order chi connectivity index (χ1) is 6.65. The van der Waals surface area contributed by atoms with Crippen molar-refractivity contribution in [3.63, 3.8) is 0 Å². The number of aliphatic hydroxyl groups excluding tert-OH is 1. The smallest absolute Gasteiger partial charge is 0.0599 e. The quantitative estimate of drug-likeness (QED) is 0.706. The molecule has 0 radical (unpaired) electrons. The van der Waals surface area contributed by atoms with Gasteiger partial charge in [0.2, 0.25) is 0 Å². The van der Waals surface area contributed by atoms with Gasteiger partial charge in [0, 0.05) is 12.6 Å². The molecule has 1 aliphatic rings. The van der Waals surface area contributed by atoms with E-state index in [1.54, 1.807) is 0 Å². The summed E-state index contributed by atoms with van der Waals surface area (Å²) in [5, 5.41) is 9.14. The average Bonchev–Trinajstić information content (AvgIpc) is 2.23. The molecule has 3 N–H and O–H groups in total. The number of hydrogen-bond acceptors (Lipinski definition) is 3. The molecule has 1 rings (SSSR count). The summed E-state index contributed by atoms with van der Waals surface area (Å²) in [6, 6.07) is 0.177. The molecule has 1 unspecified atom stereocenters. The highest BCUT2D eigenvalue weighted by molar-refractivity contribution is 4.84. The molecule has 0 spiro atoms. The van der Waals surface area contributed by atoms with E-state index in [4.69, 9.17) is 10.8 Å². The van der Waals surface area contributed by atoms with Crippen molar-refractivity contribution in [3.05, 3.63) is 0 Å². The maximum Gasteiger partial charge on any atom is 0.0599 e. The fourth-order valence-corrected chi connectivity index (χ4v) is 2.12. The Bertz CT molecular complexity index is 161. The van der Waals surface area contributed by atoms with E-state index >= 15 is 0 Å². The molecule has 1 saturated heterocycles. The van der Waals surface area contributed by atoms with Crippen molar-refractivity contribution in [2.75, 3.05) is 26.2 Å². The van der Waals surface area contributed by atoms with Crippen molar-refractivity contribution in [3.8, 4) is 0 Å². The van der Waals surface area contributed by atoms with Gasteiger partial charge in [0.15, 0.2) is 0 Å². The first-order valence-electron chi connectivity index (χ1n) is 5.70. The lowest BCUT2D eigenvalue weighted by atomic mass is 9.78. The summed E-state index contributed by atoms with van der Waals surface area (Å²) < 4.78 is 0. The molecule has 14 heavy (non-hydrogen) atoms. The summed E-state index contributed by atoms with van der Waals surface area (Å²) in [6.07, 6.45) is 3.73. The van der Waals surface area contributed by atoms with Crippen molar-refractivity contribution in [2.45, 2.75) is 39.2 Å². The molecule has 1 fully saturated rings. The number of hydrogen-bond donors (Lipinski definition) is 2. The Kier molecular flexibility index (Phi) is 4.35. The van der Waals surface area contributed by atoms with Crippen LogP contribution in [0, 0.1) is 5.41 Å². The van der Waals surface area contributed by atoms with Gasteiger partial charge >= 0.3 is 0 Å². The Labute approximate surface area is 87.3 Å². The second kappa shape index (κ2) is 5.10. The zero-order valence-corrected chi connectivity index (χ0v) is 9.50. The van der Waals surface area contributed by atoms with E-state index in [0.717, 1.165) is 13.1 Å². The number of nitrogens with zero attached hydrogens (tertiary/aromatic N) is 1. The van der Waals surface area contributed by atoms with Gasteiger partial charge in [-0.05, 0) is 31.3 Å². The molecule has 84 valence electrons. The number of aliphatic hydroxyl groups is 1. The lowest BCUT2D eigenvalue weighted by Crippen LogP contribution is -2.48. The summed E-state index contributed by atoms with van der Waals surface area (Å²) in [7, 11) is 0. The summed E-state index contributed by atoms with van der Waals surface area (Å²) in [5.41, 5.74) is 6.13. The summed E-state index contributed by atoms with van der Waals surface area (Å²) in [5.74, 6) is 0. The lowest BCUT2D eigenvalue weighted by Gasteiger charge is -2.41. The van der Waals surface area contributed by atoms with Crippen LogP contribution in [-0.2, 0) is 0 Å². The topological polar surface area (TPSA) is 49.5 Å². The molecule has 1 heterocycles. The third-order valence-corrected chi connectivity index (χ3v) is 3.86. The molecule has 1 aliphatic heterocycles. The number of nitrogens with two attached hydrogens (primary N) is 1. The SMILES string of the molecule is CCC1(C)CCN(C(CN)CO)CC1. The van der Waals surface area contributed by atoms with Gasteiger partial charge < -0.3 is 10.8 Å². The van der Waals surface area contributed by atoms with Gasteiger partial charge in [0.25, 0.3) is 0 Å². The van der Waals surface area contributed by atoms with Crippen LogP contribution in [0.25, 0.3) is 0 Å². The minimum Gasteiger partial charge on any atom is -0.395 e. The molecule has 0 aliphatic carbocycles. The maximum atomic E-state index is 9.14. The van der Waals surface area contributed by atoms with Gasteiger partial charge in [-0.25, -0.2) is 0 Å². The van der Waals surface area contributed by atoms with Gasteiger partial charge in [-0.1, -0.05) is 20.3 Å². The molecule has 0 amide bonds. The van der Waals surface area contributed by atoms with Crippen molar-refractivity contribution in [1.82, 2.24) is 4.90 Å². The van der Waals surface area contributed by atoms with Crippen LogP contribution in [-0.4, -0.2) is 42.3 Å². The number of piperidine rings is 1. The van der Waals surface area contributed by atoms with Crippen LogP contribution in [0.2, 0.25) is 0 Å². The van der Waals surface area contributed by atoms with Crippen LogP contribution in [0.4, 0.5) is 0 Å². The third kappa shape index (κ3) is 2.69. The molecule has 0 saturated carbocycles. The maximum absolute atomic E-state index is 9.14. The largest absolute Gasteiger partial charge is 0.395 e. The van der Waals surface area contributed by atoms with Crippen molar-refractivity contribution in [2.24, 2.45) is 11.1 Å². The monoisotopic (exact) mass is 200 g/mol. The first-order valence-corrected chi connectivity index (χ1v) is 5.70. The van der Waals surface area contributed by atoms with Crippen LogP contribution in [0.1, 0.15) is 33.1 Å². The van der Waals surface area contributed by atoms with Crippen molar-refractivity contribution >= 4 is 0 Å². The molecule has 0 aromatic carbocycles. The predicted octanol–water partition coefficient (Wildman–Crippen LogP) is 0.818. The Hall–Kier alpha value is -0.120. The summed E-state index contributed by atoms with van der Waals surface area (Å²) in [6.45, 7) is 7.57. The normalized spacial score (nSPS) is 24.9. The standard InChI is InChI=1S/C11H24N2O/c1-3-11(2)4-6-13(7-5-11)10(8-12)9-14/h10,14H,3-9,12H2,1-2H3. The fraction of sp³-hybridized carbons (Fsp3) is 1.00. The minimum absolute atomic E-state index is 0.177. The zero-order chi connectivity index (χ0) is 10.6. The Morgan fingerprint density at radius 1 is 1.43 bits per heavy atom. The Morgan fingerprint density at radius 2 is 2.00 bits per heavy atom. The molecule has 1 atom stereocenters. The molecule has 3 nitrogen and oxygen atoms in total. The third-order valence-electron chi connectivity index (χ3n) is 3.86. The number of likely N-dealkylation sites (tertiary alicyclic amines) is 1. The Balaban J connectivity index is 2.42. The van der Waals surface area contributed by atoms with Gasteiger partial charge in [-0.3, -0.25) is 4.90 Å². The number of rotatable bonds is 4. The van der Waals surface area contributed by atoms with E-state index in [2.05, 4.69) is 18.7 Å². The van der Waals surface area contributed by atoms with Gasteiger partial charge in [0.05, 0.1) is 6.61 Å². The molecule has 3 heteroatoms. The van der Waals surface area contributed by atoms with Crippen molar-refractivity contribution < 1.29 is 5.11 Å². The van der Waals surface area contributed by atoms with Crippen LogP contribution in [0.3, 0.4) is 0 Å². The van der Waals surface area contributed by atoms with Crippen LogP contribution in [0.15, 0.2) is 0 Å². The lowest BCUT2D eigenvalue weighted by molar-refractivity contribution is 0.0571. The highest BCUT2D eigenvalue weighted by atomic mass is 16.3. The molecular formula is C11H24N2O. The highest BCUT2D eigenvalue weighted by Gasteiger charge is 2.30. The molecular weight excluding hydrogens is 176 g/mol. The van der Waals surface area contributed by atoms with Crippen LogP contribution < -0.4 is 5.73 Å². The first kappa shape index (κ1) is 12.0. The highest BCUT2D eigenvalue weighted by Crippen LogP contribution is 2.34. The summed E-state index contributed by atoms with van der Waals surface area (Å²) >= 11 is 0. The van der Waals surface area contributed by atoms with E-state index in [1.165, 1.54) is 19.3 Å². The van der Waals surface area contributed by atoms with Gasteiger partial charge in [0.1, 0.15) is 0 Å². The summed E-state index contributed by atoms with van der Waals surface area (Å²) in [4.78, 5) is 2.33. The Morgan fingerprint density at radius 3 is 2.36 bits per heavy atom. The van der Waals surface area contributed by atoms with Gasteiger partial charge in [-0.2, -0.15) is 0 Å². The zero-order valence-electron chi connectivity index (χ0n) is 9.50. The average molecular weight is 200 g/mol. The predicted molar refractivity (Wildman–Crippen MR) is 59.1 cm³/mol. The van der Waals surface area contributed by atoms with E-state index in [0.29, 0.717) is 12.0 Å². The van der Waals surface area contributed by atoms with Crippen LogP contribution in [0.5, 0.6) is 0 Å². The molecule has 0 bridgehead atoms. The van der Waals surface area contributed by atoms with E-state index in [1.807, 2.05) is 0 Å². The van der Waals surface area contributed by atoms with Crippen LogP contribution >= 0.6 is 0 Å². The second-order valence-electron chi connectivity index (χ2n) is 4.77. The fourth-order valence-electron chi connectivity index (χ4n) is 2.12. The second-order valence-corrected chi connectivity index (χ2v) is 4.77. The van der Waals surface area contributed by atoms with E-state index in [9.17, 15) is 0 Å².